The van der Waals surface area contributed by atoms with Gasteiger partial charge in [0.1, 0.15) is 15.7 Å². The third-order valence-corrected chi connectivity index (χ3v) is 4.54. The molecule has 1 aromatic heterocycles. The molecule has 6 nitrogen and oxygen atoms in total. The molecule has 2 aromatic carbocycles. The van der Waals surface area contributed by atoms with Crippen LogP contribution in [0.15, 0.2) is 53.0 Å². The van der Waals surface area contributed by atoms with E-state index in [1.54, 1.807) is 12.1 Å². The Morgan fingerprint density at radius 2 is 1.96 bits per heavy atom. The minimum Gasteiger partial charge on any atom is -0.373 e. The highest BCUT2D eigenvalue weighted by Crippen LogP contribution is 2.29. The fourth-order valence-corrected chi connectivity index (χ4v) is 3.15. The van der Waals surface area contributed by atoms with Crippen LogP contribution < -0.4 is 5.32 Å². The molecule has 23 heavy (non-hydrogen) atoms. The SMILES string of the molecule is O=[N+]([O-])c1ccc(Br)cc1NCc1nnc(-c2ccccc2)s1. The fraction of sp³-hybridized carbons (Fsp3) is 0.0667. The molecule has 3 rings (SSSR count). The molecule has 0 radical (unpaired) electrons. The number of aromatic nitrogens is 2. The summed E-state index contributed by atoms with van der Waals surface area (Å²) in [6, 6.07) is 14.5. The fourth-order valence-electron chi connectivity index (χ4n) is 2.00. The Morgan fingerprint density at radius 1 is 1.17 bits per heavy atom. The Morgan fingerprint density at radius 3 is 2.70 bits per heavy atom. The maximum absolute atomic E-state index is 11.1. The molecule has 0 saturated heterocycles. The molecular formula is C15H11BrN4O2S. The minimum absolute atomic E-state index is 0.0287. The number of rotatable bonds is 5. The van der Waals surface area contributed by atoms with E-state index in [9.17, 15) is 10.1 Å². The van der Waals surface area contributed by atoms with Crippen molar-refractivity contribution in [3.8, 4) is 10.6 Å². The van der Waals surface area contributed by atoms with Gasteiger partial charge in [0.15, 0.2) is 0 Å². The largest absolute Gasteiger partial charge is 0.373 e. The molecule has 0 amide bonds. The van der Waals surface area contributed by atoms with Gasteiger partial charge in [-0.3, -0.25) is 10.1 Å². The van der Waals surface area contributed by atoms with Gasteiger partial charge in [-0.2, -0.15) is 0 Å². The third-order valence-electron chi connectivity index (χ3n) is 3.07. The molecule has 0 aliphatic rings. The summed E-state index contributed by atoms with van der Waals surface area (Å²) in [5.74, 6) is 0. The first-order valence-corrected chi connectivity index (χ1v) is 8.30. The lowest BCUT2D eigenvalue weighted by molar-refractivity contribution is -0.384. The molecule has 0 fully saturated rings. The van der Waals surface area contributed by atoms with Crippen LogP contribution in [0.2, 0.25) is 0 Å². The molecule has 3 aromatic rings. The molecule has 1 heterocycles. The van der Waals surface area contributed by atoms with Crippen LogP contribution in [0.25, 0.3) is 10.6 Å². The predicted molar refractivity (Wildman–Crippen MR) is 93.5 cm³/mol. The van der Waals surface area contributed by atoms with Crippen LogP contribution >= 0.6 is 27.3 Å². The summed E-state index contributed by atoms with van der Waals surface area (Å²) >= 11 is 4.78. The van der Waals surface area contributed by atoms with Crippen molar-refractivity contribution in [3.05, 3.63) is 68.1 Å². The van der Waals surface area contributed by atoms with Crippen LogP contribution in [-0.4, -0.2) is 15.1 Å². The van der Waals surface area contributed by atoms with E-state index >= 15 is 0 Å². The van der Waals surface area contributed by atoms with Crippen LogP contribution in [0.1, 0.15) is 5.01 Å². The van der Waals surface area contributed by atoms with Gasteiger partial charge in [0.05, 0.1) is 11.5 Å². The normalized spacial score (nSPS) is 10.5. The van der Waals surface area contributed by atoms with E-state index in [0.717, 1.165) is 20.1 Å². The molecule has 0 unspecified atom stereocenters. The standard InChI is InChI=1S/C15H11BrN4O2S/c16-11-6-7-13(20(21)22)12(8-11)17-9-14-18-19-15(23-14)10-4-2-1-3-5-10/h1-8,17H,9H2. The maximum atomic E-state index is 11.1. The summed E-state index contributed by atoms with van der Waals surface area (Å²) in [7, 11) is 0. The maximum Gasteiger partial charge on any atom is 0.292 e. The number of hydrogen-bond donors (Lipinski definition) is 1. The van der Waals surface area contributed by atoms with Gasteiger partial charge in [0.2, 0.25) is 0 Å². The Balaban J connectivity index is 1.76. The average molecular weight is 391 g/mol. The predicted octanol–water partition coefficient (Wildman–Crippen LogP) is 4.49. The van der Waals surface area contributed by atoms with Gasteiger partial charge in [0.25, 0.3) is 5.69 Å². The lowest BCUT2D eigenvalue weighted by atomic mass is 10.2. The molecule has 0 saturated carbocycles. The van der Waals surface area contributed by atoms with Gasteiger partial charge in [-0.15, -0.1) is 10.2 Å². The zero-order valence-electron chi connectivity index (χ0n) is 11.8. The van der Waals surface area contributed by atoms with Gasteiger partial charge < -0.3 is 5.32 Å². The summed E-state index contributed by atoms with van der Waals surface area (Å²) in [5.41, 5.74) is 1.48. The van der Waals surface area contributed by atoms with E-state index in [-0.39, 0.29) is 5.69 Å². The number of nitrogens with zero attached hydrogens (tertiary/aromatic N) is 3. The second-order valence-electron chi connectivity index (χ2n) is 4.64. The van der Waals surface area contributed by atoms with Gasteiger partial charge in [0, 0.05) is 16.1 Å². The smallest absolute Gasteiger partial charge is 0.292 e. The summed E-state index contributed by atoms with van der Waals surface area (Å²) in [4.78, 5) is 10.6. The first-order valence-electron chi connectivity index (χ1n) is 6.69. The van der Waals surface area contributed by atoms with E-state index in [1.807, 2.05) is 30.3 Å². The molecule has 0 bridgehead atoms. The second kappa shape index (κ2) is 6.84. The zero-order chi connectivity index (χ0) is 16.2. The Bertz CT molecular complexity index is 839. The number of nitrogens with one attached hydrogen (secondary N) is 1. The third kappa shape index (κ3) is 3.72. The number of halogens is 1. The van der Waals surface area contributed by atoms with Crippen molar-refractivity contribution in [1.82, 2.24) is 10.2 Å². The van der Waals surface area contributed by atoms with E-state index in [4.69, 9.17) is 0 Å². The lowest BCUT2D eigenvalue weighted by Gasteiger charge is -2.05. The summed E-state index contributed by atoms with van der Waals surface area (Å²) in [6.45, 7) is 0.377. The molecule has 8 heteroatoms. The van der Waals surface area contributed by atoms with Crippen LogP contribution in [0.4, 0.5) is 11.4 Å². The van der Waals surface area contributed by atoms with E-state index in [0.29, 0.717) is 12.2 Å². The monoisotopic (exact) mass is 390 g/mol. The van der Waals surface area contributed by atoms with Crippen molar-refractivity contribution >= 4 is 38.6 Å². The van der Waals surface area contributed by atoms with Crippen LogP contribution in [0.5, 0.6) is 0 Å². The Labute approximate surface area is 144 Å². The molecule has 116 valence electrons. The average Bonchev–Trinajstić information content (AvgIpc) is 3.02. The highest BCUT2D eigenvalue weighted by Gasteiger charge is 2.14. The van der Waals surface area contributed by atoms with Crippen LogP contribution in [0, 0.1) is 10.1 Å². The molecule has 0 aliphatic carbocycles. The van der Waals surface area contributed by atoms with E-state index < -0.39 is 4.92 Å². The number of nitro groups is 1. The minimum atomic E-state index is -0.412. The highest BCUT2D eigenvalue weighted by atomic mass is 79.9. The van der Waals surface area contributed by atoms with Crippen LogP contribution in [-0.2, 0) is 6.54 Å². The van der Waals surface area contributed by atoms with E-state index in [2.05, 4.69) is 31.4 Å². The number of benzene rings is 2. The van der Waals surface area contributed by atoms with Crippen molar-refractivity contribution in [3.63, 3.8) is 0 Å². The summed E-state index contributed by atoms with van der Waals surface area (Å²) in [5, 5.41) is 24.0. The molecular weight excluding hydrogens is 380 g/mol. The Kier molecular flexibility index (Phi) is 4.63. The topological polar surface area (TPSA) is 81.0 Å². The van der Waals surface area contributed by atoms with E-state index in [1.165, 1.54) is 17.4 Å². The van der Waals surface area contributed by atoms with Crippen molar-refractivity contribution in [2.75, 3.05) is 5.32 Å². The van der Waals surface area contributed by atoms with Gasteiger partial charge >= 0.3 is 0 Å². The Hall–Kier alpha value is -2.32. The first kappa shape index (κ1) is 15.6. The summed E-state index contributed by atoms with van der Waals surface area (Å²) < 4.78 is 0.771. The molecule has 0 atom stereocenters. The van der Waals surface area contributed by atoms with Crippen LogP contribution in [0.3, 0.4) is 0 Å². The van der Waals surface area contributed by atoms with Crippen molar-refractivity contribution in [2.24, 2.45) is 0 Å². The van der Waals surface area contributed by atoms with Crippen molar-refractivity contribution < 1.29 is 4.92 Å². The summed E-state index contributed by atoms with van der Waals surface area (Å²) in [6.07, 6.45) is 0. The lowest BCUT2D eigenvalue weighted by Crippen LogP contribution is -2.02. The van der Waals surface area contributed by atoms with Gasteiger partial charge in [-0.1, -0.05) is 57.6 Å². The number of nitro benzene ring substituents is 1. The van der Waals surface area contributed by atoms with Crippen molar-refractivity contribution in [1.29, 1.82) is 0 Å². The number of anilines is 1. The quantitative estimate of drug-likeness (QED) is 0.512. The molecule has 0 spiro atoms. The highest BCUT2D eigenvalue weighted by molar-refractivity contribution is 9.10. The van der Waals surface area contributed by atoms with Crippen molar-refractivity contribution in [2.45, 2.75) is 6.54 Å². The second-order valence-corrected chi connectivity index (χ2v) is 6.62. The molecule has 1 N–H and O–H groups in total. The van der Waals surface area contributed by atoms with Gasteiger partial charge in [-0.25, -0.2) is 0 Å². The zero-order valence-corrected chi connectivity index (χ0v) is 14.2. The number of hydrogen-bond acceptors (Lipinski definition) is 6. The van der Waals surface area contributed by atoms with Gasteiger partial charge in [-0.05, 0) is 12.1 Å². The first-order chi connectivity index (χ1) is 11.1. The molecule has 0 aliphatic heterocycles.